The summed E-state index contributed by atoms with van der Waals surface area (Å²) in [5.41, 5.74) is 3.76. The maximum atomic E-state index is 14.2. The molecule has 3 aromatic carbocycles. The number of benzene rings is 3. The van der Waals surface area contributed by atoms with Crippen molar-refractivity contribution < 1.29 is 35.4 Å². The zero-order chi connectivity index (χ0) is 26.2. The first kappa shape index (κ1) is 27.1. The van der Waals surface area contributed by atoms with Gasteiger partial charge in [-0.25, -0.2) is 0 Å². The fourth-order valence-corrected chi connectivity index (χ4v) is 6.57. The normalized spacial score (nSPS) is 11.9. The van der Waals surface area contributed by atoms with E-state index in [0.29, 0.717) is 28.7 Å². The van der Waals surface area contributed by atoms with Crippen LogP contribution in [-0.4, -0.2) is 26.0 Å². The molecule has 1 heterocycles. The molecule has 0 aliphatic rings. The second kappa shape index (κ2) is 10.8. The van der Waals surface area contributed by atoms with E-state index in [1.807, 2.05) is 51.1 Å². The number of rotatable bonds is 6. The summed E-state index contributed by atoms with van der Waals surface area (Å²) in [6.45, 7) is 5.85. The van der Waals surface area contributed by atoms with Gasteiger partial charge in [0, 0.05) is 0 Å². The number of aromatic nitrogens is 1. The van der Waals surface area contributed by atoms with Gasteiger partial charge in [-0.2, -0.15) is 0 Å². The van der Waals surface area contributed by atoms with Crippen LogP contribution in [-0.2, 0) is 11.2 Å². The number of halogens is 5. The summed E-state index contributed by atoms with van der Waals surface area (Å²) in [6.07, 6.45) is 0.0913. The van der Waals surface area contributed by atoms with Gasteiger partial charge in [0.15, 0.2) is 0 Å². The standard InChI is InChI=1S/C26H25Cl3FIN3O2/c1-26(2,3)36-25(35)32-8-7-14-9-16(33-22-13-21(30)19(28)12-20(22)29)11-18-17-10-15(27)5-6-23(17)34(31-4)24(14)18/h5-6,9-13,33H,7-8H2,1-4H3,(H,32,35)/q-1. The first-order valence-electron chi connectivity index (χ1n) is 11.1. The summed E-state index contributed by atoms with van der Waals surface area (Å²) in [5, 5.41) is 9.01. The molecule has 1 amide bonds. The second-order valence-corrected chi connectivity index (χ2v) is 12.4. The molecule has 10 heteroatoms. The number of hydrogen-bond donors (Lipinski definition) is 2. The monoisotopic (exact) mass is 662 g/mol. The van der Waals surface area contributed by atoms with E-state index < -0.39 is 17.5 Å². The third-order valence-corrected chi connectivity index (χ3v) is 8.17. The number of carbonyl (C=O) groups excluding carboxylic acids is 1. The number of ether oxygens (including phenoxy) is 1. The SMILES string of the molecule is C[I-]n1c2ccc(Cl)cc2c2cc(Nc3cc(F)c(Cl)cc3Cl)cc(CCNC(=O)OC(C)(C)C)c21. The van der Waals surface area contributed by atoms with Crippen molar-refractivity contribution in [3.05, 3.63) is 68.9 Å². The third kappa shape index (κ3) is 5.96. The minimum absolute atomic E-state index is 0.0421. The van der Waals surface area contributed by atoms with E-state index in [1.54, 1.807) is 0 Å². The van der Waals surface area contributed by atoms with Gasteiger partial charge in [-0.05, 0) is 0 Å². The van der Waals surface area contributed by atoms with Crippen LogP contribution in [0.15, 0.2) is 42.5 Å². The van der Waals surface area contributed by atoms with Crippen molar-refractivity contribution in [2.45, 2.75) is 32.8 Å². The zero-order valence-corrected chi connectivity index (χ0v) is 24.5. The van der Waals surface area contributed by atoms with Crippen molar-refractivity contribution in [2.24, 2.45) is 0 Å². The zero-order valence-electron chi connectivity index (χ0n) is 20.1. The van der Waals surface area contributed by atoms with Crippen LogP contribution in [0.5, 0.6) is 0 Å². The quantitative estimate of drug-likeness (QED) is 0.170. The van der Waals surface area contributed by atoms with Crippen LogP contribution in [0.25, 0.3) is 21.8 Å². The van der Waals surface area contributed by atoms with Crippen LogP contribution in [0.2, 0.25) is 15.1 Å². The van der Waals surface area contributed by atoms with E-state index in [0.717, 1.165) is 33.1 Å². The van der Waals surface area contributed by atoms with Crippen LogP contribution in [0, 0.1) is 5.82 Å². The summed E-state index contributed by atoms with van der Waals surface area (Å²) in [5.74, 6) is -0.564. The van der Waals surface area contributed by atoms with Crippen molar-refractivity contribution >= 4 is 74.1 Å². The van der Waals surface area contributed by atoms with E-state index in [4.69, 9.17) is 39.5 Å². The number of nitrogens with zero attached hydrogens (tertiary/aromatic N) is 1. The van der Waals surface area contributed by atoms with E-state index >= 15 is 0 Å². The van der Waals surface area contributed by atoms with Gasteiger partial charge in [-0.15, -0.1) is 0 Å². The molecule has 36 heavy (non-hydrogen) atoms. The Morgan fingerprint density at radius 3 is 2.50 bits per heavy atom. The van der Waals surface area contributed by atoms with Gasteiger partial charge < -0.3 is 0 Å². The van der Waals surface area contributed by atoms with Crippen molar-refractivity contribution in [3.63, 3.8) is 0 Å². The summed E-state index contributed by atoms with van der Waals surface area (Å²) in [4.78, 5) is 14.4. The van der Waals surface area contributed by atoms with Crippen LogP contribution in [0.4, 0.5) is 20.6 Å². The Morgan fingerprint density at radius 1 is 1.06 bits per heavy atom. The molecule has 0 fully saturated rings. The molecule has 4 aromatic rings. The van der Waals surface area contributed by atoms with Crippen LogP contribution >= 0.6 is 34.8 Å². The number of anilines is 2. The molecule has 0 radical (unpaired) electrons. The molecule has 0 atom stereocenters. The average molecular weight is 664 g/mol. The van der Waals surface area contributed by atoms with E-state index in [-0.39, 0.29) is 26.5 Å². The van der Waals surface area contributed by atoms with Crippen molar-refractivity contribution in [1.82, 2.24) is 8.10 Å². The molecule has 1 aromatic heterocycles. The molecule has 2 N–H and O–H groups in total. The summed E-state index contributed by atoms with van der Waals surface area (Å²) >= 11 is 18.2. The molecular formula is C26H25Cl3FIN3O2-. The molecule has 0 spiro atoms. The van der Waals surface area contributed by atoms with Gasteiger partial charge >= 0.3 is 236 Å². The van der Waals surface area contributed by atoms with Crippen molar-refractivity contribution in [3.8, 4) is 0 Å². The van der Waals surface area contributed by atoms with Crippen LogP contribution in [0.3, 0.4) is 0 Å². The number of amides is 1. The van der Waals surface area contributed by atoms with Gasteiger partial charge in [-0.3, -0.25) is 0 Å². The number of nitrogens with one attached hydrogen (secondary N) is 2. The van der Waals surface area contributed by atoms with E-state index in [2.05, 4.69) is 18.3 Å². The Bertz CT molecular complexity index is 1470. The third-order valence-electron chi connectivity index (χ3n) is 5.37. The Hall–Kier alpha value is -1.94. The van der Waals surface area contributed by atoms with Crippen LogP contribution < -0.4 is 32.1 Å². The van der Waals surface area contributed by atoms with E-state index in [9.17, 15) is 9.18 Å². The molecule has 192 valence electrons. The predicted molar refractivity (Wildman–Crippen MR) is 143 cm³/mol. The molecular weight excluding hydrogens is 639 g/mol. The first-order chi connectivity index (χ1) is 17.0. The number of alkyl halides is 1. The average Bonchev–Trinajstić information content (AvgIpc) is 3.09. The Balaban J connectivity index is 1.79. The van der Waals surface area contributed by atoms with Gasteiger partial charge in [0.25, 0.3) is 0 Å². The summed E-state index contributed by atoms with van der Waals surface area (Å²) in [7, 11) is 0. The molecule has 4 rings (SSSR count). The molecule has 0 aliphatic carbocycles. The number of carbonyl (C=O) groups is 1. The van der Waals surface area contributed by atoms with Gasteiger partial charge in [0.2, 0.25) is 0 Å². The van der Waals surface area contributed by atoms with Crippen molar-refractivity contribution in [1.29, 1.82) is 0 Å². The van der Waals surface area contributed by atoms with Gasteiger partial charge in [0.05, 0.1) is 0 Å². The van der Waals surface area contributed by atoms with Crippen LogP contribution in [0.1, 0.15) is 26.3 Å². The second-order valence-electron chi connectivity index (χ2n) is 9.19. The molecule has 5 nitrogen and oxygen atoms in total. The summed E-state index contributed by atoms with van der Waals surface area (Å²) < 4.78 is 21.9. The van der Waals surface area contributed by atoms with Gasteiger partial charge in [0.1, 0.15) is 0 Å². The Kier molecular flexibility index (Phi) is 8.14. The number of hydrogen-bond acceptors (Lipinski definition) is 3. The fourth-order valence-electron chi connectivity index (χ4n) is 3.97. The fraction of sp³-hybridized carbons (Fsp3) is 0.269. The number of alkyl carbamates (subject to hydrolysis) is 1. The van der Waals surface area contributed by atoms with Gasteiger partial charge in [-0.1, -0.05) is 0 Å². The summed E-state index contributed by atoms with van der Waals surface area (Å²) in [6, 6.07) is 12.5. The first-order valence-corrected chi connectivity index (χ1v) is 15.4. The topological polar surface area (TPSA) is 55.3 Å². The molecule has 0 unspecified atom stereocenters. The molecule has 0 saturated carbocycles. The Morgan fingerprint density at radius 2 is 1.81 bits per heavy atom. The predicted octanol–water partition coefficient (Wildman–Crippen LogP) is 5.19. The molecule has 0 saturated heterocycles. The van der Waals surface area contributed by atoms with E-state index in [1.165, 1.54) is 12.1 Å². The molecule has 0 bridgehead atoms. The minimum atomic E-state index is -0.577. The van der Waals surface area contributed by atoms with Crippen molar-refractivity contribution in [2.75, 3.05) is 16.8 Å². The maximum absolute atomic E-state index is 14.2. The Labute approximate surface area is 234 Å². The number of fused-ring (bicyclic) bond motifs is 3. The molecule has 0 aliphatic heterocycles.